The fourth-order valence-corrected chi connectivity index (χ4v) is 0.512. The standard InChI is InChI=1S/C7H17NO/c1-5(6(8)9)7(2,3)4/h5-6,9H,8H2,1-4H3/t5-,6-/m1/s1. The van der Waals surface area contributed by atoms with E-state index in [1.165, 1.54) is 0 Å². The molecule has 56 valence electrons. The van der Waals surface area contributed by atoms with Gasteiger partial charge in [0.05, 0.1) is 0 Å². The fourth-order valence-electron chi connectivity index (χ4n) is 0.512. The molecule has 0 aliphatic rings. The van der Waals surface area contributed by atoms with Crippen LogP contribution >= 0.6 is 0 Å². The molecule has 0 bridgehead atoms. The van der Waals surface area contributed by atoms with Crippen LogP contribution < -0.4 is 5.73 Å². The first-order valence-corrected chi connectivity index (χ1v) is 3.29. The largest absolute Gasteiger partial charge is 0.379 e. The number of hydrogen-bond donors (Lipinski definition) is 2. The molecule has 9 heavy (non-hydrogen) atoms. The van der Waals surface area contributed by atoms with Crippen LogP contribution in [0.15, 0.2) is 0 Å². The van der Waals surface area contributed by atoms with Crippen LogP contribution in [0.3, 0.4) is 0 Å². The highest BCUT2D eigenvalue weighted by Crippen LogP contribution is 2.26. The summed E-state index contributed by atoms with van der Waals surface area (Å²) in [5, 5.41) is 8.93. The van der Waals surface area contributed by atoms with Crippen LogP contribution in [0.5, 0.6) is 0 Å². The summed E-state index contributed by atoms with van der Waals surface area (Å²) in [5.74, 6) is 0.150. The molecule has 0 aliphatic heterocycles. The summed E-state index contributed by atoms with van der Waals surface area (Å²) in [7, 11) is 0. The maximum atomic E-state index is 8.93. The van der Waals surface area contributed by atoms with Gasteiger partial charge in [-0.3, -0.25) is 0 Å². The maximum Gasteiger partial charge on any atom is 0.105 e. The van der Waals surface area contributed by atoms with E-state index in [4.69, 9.17) is 10.8 Å². The molecule has 2 heteroatoms. The second-order valence-corrected chi connectivity index (χ2v) is 3.65. The van der Waals surface area contributed by atoms with E-state index in [-0.39, 0.29) is 11.3 Å². The topological polar surface area (TPSA) is 46.2 Å². The second kappa shape index (κ2) is 2.67. The summed E-state index contributed by atoms with van der Waals surface area (Å²) in [5.41, 5.74) is 5.38. The first-order chi connectivity index (χ1) is 3.85. The van der Waals surface area contributed by atoms with Crippen molar-refractivity contribution in [3.63, 3.8) is 0 Å². The van der Waals surface area contributed by atoms with Crippen molar-refractivity contribution in [2.45, 2.75) is 33.9 Å². The average Bonchev–Trinajstić information content (AvgIpc) is 1.62. The van der Waals surface area contributed by atoms with Gasteiger partial charge in [-0.1, -0.05) is 27.7 Å². The average molecular weight is 131 g/mol. The smallest absolute Gasteiger partial charge is 0.105 e. The summed E-state index contributed by atoms with van der Waals surface area (Å²) < 4.78 is 0. The van der Waals surface area contributed by atoms with Crippen molar-refractivity contribution in [2.75, 3.05) is 0 Å². The minimum absolute atomic E-state index is 0.105. The molecule has 0 radical (unpaired) electrons. The van der Waals surface area contributed by atoms with Crippen LogP contribution in [0.4, 0.5) is 0 Å². The number of nitrogens with two attached hydrogens (primary N) is 1. The molecule has 0 spiro atoms. The van der Waals surface area contributed by atoms with E-state index in [1.807, 2.05) is 6.92 Å². The third kappa shape index (κ3) is 2.82. The van der Waals surface area contributed by atoms with Crippen LogP contribution in [-0.4, -0.2) is 11.3 Å². The molecule has 0 aliphatic carbocycles. The van der Waals surface area contributed by atoms with Crippen molar-refractivity contribution in [2.24, 2.45) is 17.1 Å². The molecule has 0 aromatic carbocycles. The van der Waals surface area contributed by atoms with Crippen molar-refractivity contribution in [1.29, 1.82) is 0 Å². The minimum atomic E-state index is -0.690. The third-order valence-corrected chi connectivity index (χ3v) is 1.88. The number of aliphatic hydroxyl groups excluding tert-OH is 1. The van der Waals surface area contributed by atoms with Gasteiger partial charge < -0.3 is 10.8 Å². The molecule has 2 atom stereocenters. The summed E-state index contributed by atoms with van der Waals surface area (Å²) in [6, 6.07) is 0. The number of rotatable bonds is 1. The molecule has 0 amide bonds. The molecular formula is C7H17NO. The Balaban J connectivity index is 3.88. The quantitative estimate of drug-likeness (QED) is 0.520. The Kier molecular flexibility index (Phi) is 2.65. The van der Waals surface area contributed by atoms with Gasteiger partial charge in [0.25, 0.3) is 0 Å². The van der Waals surface area contributed by atoms with Gasteiger partial charge in [-0.2, -0.15) is 0 Å². The Morgan fingerprint density at radius 1 is 1.33 bits per heavy atom. The normalized spacial score (nSPS) is 19.3. The monoisotopic (exact) mass is 131 g/mol. The lowest BCUT2D eigenvalue weighted by Gasteiger charge is -2.28. The van der Waals surface area contributed by atoms with E-state index in [9.17, 15) is 0 Å². The third-order valence-electron chi connectivity index (χ3n) is 1.88. The highest BCUT2D eigenvalue weighted by molar-refractivity contribution is 4.72. The van der Waals surface area contributed by atoms with Gasteiger partial charge in [-0.25, -0.2) is 0 Å². The molecule has 0 aromatic rings. The highest BCUT2D eigenvalue weighted by atomic mass is 16.3. The molecule has 3 N–H and O–H groups in total. The van der Waals surface area contributed by atoms with E-state index < -0.39 is 6.23 Å². The van der Waals surface area contributed by atoms with Gasteiger partial charge in [0.1, 0.15) is 6.23 Å². The molecule has 0 saturated carbocycles. The van der Waals surface area contributed by atoms with E-state index in [0.717, 1.165) is 0 Å². The molecule has 2 nitrogen and oxygen atoms in total. The summed E-state index contributed by atoms with van der Waals surface area (Å²) >= 11 is 0. The maximum absolute atomic E-state index is 8.93. The molecule has 0 aromatic heterocycles. The predicted molar refractivity (Wildman–Crippen MR) is 38.8 cm³/mol. The van der Waals surface area contributed by atoms with Crippen LogP contribution in [0, 0.1) is 11.3 Å². The Labute approximate surface area is 57.1 Å². The van der Waals surface area contributed by atoms with E-state index in [0.29, 0.717) is 0 Å². The van der Waals surface area contributed by atoms with Crippen molar-refractivity contribution >= 4 is 0 Å². The van der Waals surface area contributed by atoms with Gasteiger partial charge in [0.2, 0.25) is 0 Å². The summed E-state index contributed by atoms with van der Waals surface area (Å²) in [6.45, 7) is 8.14. The lowest BCUT2D eigenvalue weighted by molar-refractivity contribution is 0.0594. The zero-order chi connectivity index (χ0) is 7.65. The minimum Gasteiger partial charge on any atom is -0.379 e. The molecule has 0 saturated heterocycles. The Hall–Kier alpha value is -0.0800. The van der Waals surface area contributed by atoms with E-state index in [1.54, 1.807) is 0 Å². The molecule has 0 fully saturated rings. The van der Waals surface area contributed by atoms with Crippen molar-refractivity contribution in [3.05, 3.63) is 0 Å². The first kappa shape index (κ1) is 8.92. The molecule has 0 rings (SSSR count). The highest BCUT2D eigenvalue weighted by Gasteiger charge is 2.23. The first-order valence-electron chi connectivity index (χ1n) is 3.29. The number of aliphatic hydroxyl groups is 1. The molecule has 0 unspecified atom stereocenters. The molecule has 0 heterocycles. The van der Waals surface area contributed by atoms with Crippen LogP contribution in [0.25, 0.3) is 0 Å². The van der Waals surface area contributed by atoms with Gasteiger partial charge >= 0.3 is 0 Å². The van der Waals surface area contributed by atoms with Crippen molar-refractivity contribution in [1.82, 2.24) is 0 Å². The summed E-state index contributed by atoms with van der Waals surface area (Å²) in [4.78, 5) is 0. The van der Waals surface area contributed by atoms with Crippen molar-refractivity contribution in [3.8, 4) is 0 Å². The zero-order valence-corrected chi connectivity index (χ0v) is 6.68. The van der Waals surface area contributed by atoms with Crippen LogP contribution in [0.2, 0.25) is 0 Å². The second-order valence-electron chi connectivity index (χ2n) is 3.65. The SMILES string of the molecule is C[C@H]([C@H](N)O)C(C)(C)C. The van der Waals surface area contributed by atoms with Gasteiger partial charge in [-0.15, -0.1) is 0 Å². The van der Waals surface area contributed by atoms with Crippen LogP contribution in [0.1, 0.15) is 27.7 Å². The fraction of sp³-hybridized carbons (Fsp3) is 1.00. The van der Waals surface area contributed by atoms with Gasteiger partial charge in [0, 0.05) is 5.92 Å². The van der Waals surface area contributed by atoms with E-state index in [2.05, 4.69) is 20.8 Å². The Bertz CT molecular complexity index is 83.4. The summed E-state index contributed by atoms with van der Waals surface area (Å²) in [6.07, 6.45) is -0.690. The predicted octanol–water partition coefficient (Wildman–Crippen LogP) is 0.946. The van der Waals surface area contributed by atoms with Gasteiger partial charge in [0.15, 0.2) is 0 Å². The molecular weight excluding hydrogens is 114 g/mol. The lowest BCUT2D eigenvalue weighted by atomic mass is 9.81. The van der Waals surface area contributed by atoms with Gasteiger partial charge in [-0.05, 0) is 5.41 Å². The Morgan fingerprint density at radius 3 is 1.67 bits per heavy atom. The Morgan fingerprint density at radius 2 is 1.67 bits per heavy atom. The lowest BCUT2D eigenvalue weighted by Crippen LogP contribution is -2.35. The van der Waals surface area contributed by atoms with Crippen LogP contribution in [-0.2, 0) is 0 Å². The zero-order valence-electron chi connectivity index (χ0n) is 6.68. The van der Waals surface area contributed by atoms with E-state index >= 15 is 0 Å². The van der Waals surface area contributed by atoms with Crippen molar-refractivity contribution < 1.29 is 5.11 Å². The number of hydrogen-bond acceptors (Lipinski definition) is 2.